The standard InChI is InChI=1S/C26H27F2NS/c1-2-3-4-5-19-6-8-20(9-7-19)10-11-21-12-14-22(15-13-21)23-16-24(27)26(29-18-30)25(28)17-23/h12-17,19-20H,2-9H2,1H3. The van der Waals surface area contributed by atoms with Crippen LogP contribution in [0.15, 0.2) is 41.4 Å². The summed E-state index contributed by atoms with van der Waals surface area (Å²) in [6.45, 7) is 2.25. The van der Waals surface area contributed by atoms with Crippen molar-refractivity contribution in [1.29, 1.82) is 0 Å². The monoisotopic (exact) mass is 423 g/mol. The first-order valence-corrected chi connectivity index (χ1v) is 11.2. The molecule has 0 spiro atoms. The zero-order chi connectivity index (χ0) is 21.3. The smallest absolute Gasteiger partial charge is 0.153 e. The second-order valence-electron chi connectivity index (χ2n) is 8.05. The number of aliphatic imine (C=N–C) groups is 1. The number of halogens is 2. The van der Waals surface area contributed by atoms with E-state index in [1.165, 1.54) is 63.5 Å². The second kappa shape index (κ2) is 11.2. The predicted molar refractivity (Wildman–Crippen MR) is 123 cm³/mol. The van der Waals surface area contributed by atoms with E-state index in [4.69, 9.17) is 0 Å². The molecule has 1 aliphatic carbocycles. The average Bonchev–Trinajstić information content (AvgIpc) is 2.76. The van der Waals surface area contributed by atoms with Crippen molar-refractivity contribution >= 4 is 23.1 Å². The van der Waals surface area contributed by atoms with E-state index < -0.39 is 17.3 Å². The van der Waals surface area contributed by atoms with E-state index in [9.17, 15) is 8.78 Å². The molecule has 0 N–H and O–H groups in total. The number of thiocarbonyl (C=S) groups is 1. The van der Waals surface area contributed by atoms with Crippen molar-refractivity contribution in [3.05, 3.63) is 53.6 Å². The first kappa shape index (κ1) is 22.3. The van der Waals surface area contributed by atoms with Crippen LogP contribution in [0.4, 0.5) is 14.5 Å². The number of unbranched alkanes of at least 4 members (excludes halogenated alkanes) is 2. The third-order valence-electron chi connectivity index (χ3n) is 5.88. The Morgan fingerprint density at radius 3 is 2.23 bits per heavy atom. The van der Waals surface area contributed by atoms with E-state index in [0.717, 1.165) is 17.0 Å². The molecular weight excluding hydrogens is 396 g/mol. The molecule has 0 bridgehead atoms. The second-order valence-corrected chi connectivity index (χ2v) is 8.23. The topological polar surface area (TPSA) is 12.4 Å². The zero-order valence-electron chi connectivity index (χ0n) is 17.4. The summed E-state index contributed by atoms with van der Waals surface area (Å²) in [7, 11) is 0. The maximum absolute atomic E-state index is 14.1. The minimum absolute atomic E-state index is 0.406. The van der Waals surface area contributed by atoms with Gasteiger partial charge in [-0.1, -0.05) is 56.6 Å². The van der Waals surface area contributed by atoms with Gasteiger partial charge in [0.1, 0.15) is 5.69 Å². The predicted octanol–water partition coefficient (Wildman–Crippen LogP) is 8.10. The van der Waals surface area contributed by atoms with Gasteiger partial charge in [0.15, 0.2) is 11.6 Å². The maximum Gasteiger partial charge on any atom is 0.153 e. The molecule has 0 aliphatic heterocycles. The van der Waals surface area contributed by atoms with Crippen LogP contribution in [-0.4, -0.2) is 5.16 Å². The fraction of sp³-hybridized carbons (Fsp3) is 0.423. The molecule has 1 nitrogen and oxygen atoms in total. The molecule has 156 valence electrons. The summed E-state index contributed by atoms with van der Waals surface area (Å²) in [6.07, 6.45) is 10.3. The van der Waals surface area contributed by atoms with Crippen molar-refractivity contribution in [3.63, 3.8) is 0 Å². The number of rotatable bonds is 6. The average molecular weight is 424 g/mol. The lowest BCUT2D eigenvalue weighted by atomic mass is 9.80. The van der Waals surface area contributed by atoms with Crippen LogP contribution < -0.4 is 0 Å². The van der Waals surface area contributed by atoms with Gasteiger partial charge < -0.3 is 0 Å². The molecule has 0 heterocycles. The molecule has 0 unspecified atom stereocenters. The Labute approximate surface area is 183 Å². The summed E-state index contributed by atoms with van der Waals surface area (Å²) in [6, 6.07) is 9.99. The van der Waals surface area contributed by atoms with Gasteiger partial charge in [0, 0.05) is 11.5 Å². The van der Waals surface area contributed by atoms with Gasteiger partial charge in [-0.25, -0.2) is 8.78 Å². The summed E-state index contributed by atoms with van der Waals surface area (Å²) in [5.41, 5.74) is 1.70. The van der Waals surface area contributed by atoms with Gasteiger partial charge in [-0.3, -0.25) is 0 Å². The van der Waals surface area contributed by atoms with Crippen molar-refractivity contribution in [2.45, 2.75) is 58.3 Å². The molecule has 0 amide bonds. The van der Waals surface area contributed by atoms with Crippen LogP contribution in [0.25, 0.3) is 11.1 Å². The number of nitrogens with zero attached hydrogens (tertiary/aromatic N) is 1. The fourth-order valence-electron chi connectivity index (χ4n) is 4.09. The Kier molecular flexibility index (Phi) is 8.31. The van der Waals surface area contributed by atoms with Gasteiger partial charge in [-0.05, 0) is 79.2 Å². The van der Waals surface area contributed by atoms with Gasteiger partial charge >= 0.3 is 0 Å². The molecule has 1 aliphatic rings. The molecule has 4 heteroatoms. The highest BCUT2D eigenvalue weighted by atomic mass is 32.1. The molecule has 2 aromatic rings. The first-order valence-electron chi connectivity index (χ1n) is 10.8. The van der Waals surface area contributed by atoms with Crippen LogP contribution in [-0.2, 0) is 0 Å². The van der Waals surface area contributed by atoms with Gasteiger partial charge in [0.05, 0.1) is 5.16 Å². The van der Waals surface area contributed by atoms with Crippen LogP contribution in [0, 0.1) is 35.3 Å². The van der Waals surface area contributed by atoms with E-state index in [1.54, 1.807) is 0 Å². The molecule has 30 heavy (non-hydrogen) atoms. The highest BCUT2D eigenvalue weighted by Crippen LogP contribution is 2.32. The van der Waals surface area contributed by atoms with Crippen LogP contribution >= 0.6 is 12.2 Å². The molecule has 0 atom stereocenters. The summed E-state index contributed by atoms with van der Waals surface area (Å²) < 4.78 is 28.1. The number of benzene rings is 2. The van der Waals surface area contributed by atoms with Crippen LogP contribution in [0.2, 0.25) is 0 Å². The minimum Gasteiger partial charge on any atom is -0.204 e. The Balaban J connectivity index is 1.61. The van der Waals surface area contributed by atoms with E-state index in [0.29, 0.717) is 11.5 Å². The SMILES string of the molecule is CCCCCC1CCC(C#Cc2ccc(-c3cc(F)c(N=C=S)c(F)c3)cc2)CC1. The summed E-state index contributed by atoms with van der Waals surface area (Å²) in [5.74, 6) is 6.56. The normalized spacial score (nSPS) is 18.2. The van der Waals surface area contributed by atoms with Crippen LogP contribution in [0.1, 0.15) is 63.9 Å². The third-order valence-corrected chi connectivity index (χ3v) is 5.97. The van der Waals surface area contributed by atoms with Gasteiger partial charge in [0.25, 0.3) is 0 Å². The first-order chi connectivity index (χ1) is 14.6. The molecule has 0 radical (unpaired) electrons. The maximum atomic E-state index is 14.1. The number of hydrogen-bond acceptors (Lipinski definition) is 2. The minimum atomic E-state index is -0.753. The fourth-order valence-corrected chi connectivity index (χ4v) is 4.19. The molecule has 0 saturated heterocycles. The molecule has 3 rings (SSSR count). The number of isothiocyanates is 1. The summed E-state index contributed by atoms with van der Waals surface area (Å²) in [4.78, 5) is 3.44. The lowest BCUT2D eigenvalue weighted by Gasteiger charge is -2.25. The Bertz CT molecular complexity index is 934. The molecule has 1 fully saturated rings. The van der Waals surface area contributed by atoms with Crippen LogP contribution in [0.3, 0.4) is 0 Å². The van der Waals surface area contributed by atoms with Crippen molar-refractivity contribution in [2.75, 3.05) is 0 Å². The van der Waals surface area contributed by atoms with E-state index in [1.807, 2.05) is 29.4 Å². The number of hydrogen-bond donors (Lipinski definition) is 0. The van der Waals surface area contributed by atoms with Crippen molar-refractivity contribution in [3.8, 4) is 23.0 Å². The zero-order valence-corrected chi connectivity index (χ0v) is 18.2. The van der Waals surface area contributed by atoms with Gasteiger partial charge in [0.2, 0.25) is 0 Å². The Morgan fingerprint density at radius 2 is 1.63 bits per heavy atom. The molecule has 1 saturated carbocycles. The quantitative estimate of drug-likeness (QED) is 0.198. The van der Waals surface area contributed by atoms with Crippen molar-refractivity contribution in [2.24, 2.45) is 16.8 Å². The van der Waals surface area contributed by atoms with E-state index in [-0.39, 0.29) is 0 Å². The van der Waals surface area contributed by atoms with E-state index in [2.05, 4.69) is 36.0 Å². The largest absolute Gasteiger partial charge is 0.204 e. The lowest BCUT2D eigenvalue weighted by Crippen LogP contribution is -2.13. The Morgan fingerprint density at radius 1 is 0.967 bits per heavy atom. The Hall–Kier alpha value is -2.34. The van der Waals surface area contributed by atoms with Crippen molar-refractivity contribution < 1.29 is 8.78 Å². The molecule has 0 aromatic heterocycles. The summed E-state index contributed by atoms with van der Waals surface area (Å²) >= 11 is 4.43. The molecule has 2 aromatic carbocycles. The third kappa shape index (κ3) is 6.08. The summed E-state index contributed by atoms with van der Waals surface area (Å²) in [5, 5.41) is 2.00. The lowest BCUT2D eigenvalue weighted by molar-refractivity contribution is 0.294. The molecular formula is C26H27F2NS. The van der Waals surface area contributed by atoms with Crippen LogP contribution in [0.5, 0.6) is 0 Å². The van der Waals surface area contributed by atoms with E-state index >= 15 is 0 Å². The van der Waals surface area contributed by atoms with Gasteiger partial charge in [-0.15, -0.1) is 0 Å². The van der Waals surface area contributed by atoms with Crippen molar-refractivity contribution in [1.82, 2.24) is 0 Å². The highest BCUT2D eigenvalue weighted by Gasteiger charge is 2.19. The highest BCUT2D eigenvalue weighted by molar-refractivity contribution is 7.78. The van der Waals surface area contributed by atoms with Gasteiger partial charge in [-0.2, -0.15) is 4.99 Å².